The first kappa shape index (κ1) is 10.8. The maximum absolute atomic E-state index is 4.75. The van der Waals surface area contributed by atoms with Crippen LogP contribution in [0.25, 0.3) is 11.0 Å². The van der Waals surface area contributed by atoms with E-state index < -0.39 is 0 Å². The molecule has 1 aromatic carbocycles. The lowest BCUT2D eigenvalue weighted by atomic mass is 9.98. The van der Waals surface area contributed by atoms with E-state index in [1.165, 1.54) is 16.6 Å². The van der Waals surface area contributed by atoms with Gasteiger partial charge < -0.3 is 10.3 Å². The molecule has 0 bridgehead atoms. The maximum Gasteiger partial charge on any atom is 0.111 e. The molecule has 3 heteroatoms. The van der Waals surface area contributed by atoms with Gasteiger partial charge in [-0.1, -0.05) is 6.92 Å². The molecule has 0 spiro atoms. The van der Waals surface area contributed by atoms with Gasteiger partial charge in [-0.25, -0.2) is 4.98 Å². The van der Waals surface area contributed by atoms with E-state index in [4.69, 9.17) is 4.98 Å². The van der Waals surface area contributed by atoms with E-state index in [0.717, 1.165) is 24.4 Å². The lowest BCUT2D eigenvalue weighted by Gasteiger charge is -2.09. The normalized spacial score (nSPS) is 24.6. The molecule has 1 aromatic heterocycles. The van der Waals surface area contributed by atoms with Crippen LogP contribution in [0, 0.1) is 19.8 Å². The zero-order valence-corrected chi connectivity index (χ0v) is 10.7. The molecule has 90 valence electrons. The van der Waals surface area contributed by atoms with Gasteiger partial charge in [-0.15, -0.1) is 0 Å². The summed E-state index contributed by atoms with van der Waals surface area (Å²) in [6.07, 6.45) is 0. The molecule has 1 aliphatic heterocycles. The van der Waals surface area contributed by atoms with Crippen LogP contribution in [0.3, 0.4) is 0 Å². The van der Waals surface area contributed by atoms with Crippen LogP contribution in [0.5, 0.6) is 0 Å². The van der Waals surface area contributed by atoms with Crippen molar-refractivity contribution in [2.45, 2.75) is 26.7 Å². The highest BCUT2D eigenvalue weighted by Gasteiger charge is 2.27. The summed E-state index contributed by atoms with van der Waals surface area (Å²) in [5.74, 6) is 2.34. The van der Waals surface area contributed by atoms with Crippen molar-refractivity contribution in [3.63, 3.8) is 0 Å². The third kappa shape index (κ3) is 1.75. The Hall–Kier alpha value is -1.35. The van der Waals surface area contributed by atoms with E-state index in [0.29, 0.717) is 11.8 Å². The predicted octanol–water partition coefficient (Wildman–Crippen LogP) is 2.50. The summed E-state index contributed by atoms with van der Waals surface area (Å²) in [5.41, 5.74) is 4.91. The van der Waals surface area contributed by atoms with Crippen molar-refractivity contribution in [1.82, 2.24) is 15.3 Å². The van der Waals surface area contributed by atoms with Gasteiger partial charge in [0.2, 0.25) is 0 Å². The number of aromatic amines is 1. The molecule has 0 amide bonds. The Kier molecular flexibility index (Phi) is 2.44. The Bertz CT molecular complexity index is 517. The van der Waals surface area contributed by atoms with E-state index in [-0.39, 0.29) is 0 Å². The Labute approximate surface area is 102 Å². The Balaban J connectivity index is 2.07. The number of aromatic nitrogens is 2. The van der Waals surface area contributed by atoms with Crippen molar-refractivity contribution in [2.24, 2.45) is 5.92 Å². The maximum atomic E-state index is 4.75. The van der Waals surface area contributed by atoms with Gasteiger partial charge in [0, 0.05) is 12.5 Å². The van der Waals surface area contributed by atoms with Crippen LogP contribution in [0.15, 0.2) is 12.1 Å². The first-order valence-corrected chi connectivity index (χ1v) is 6.32. The average Bonchev–Trinajstić information content (AvgIpc) is 2.85. The summed E-state index contributed by atoms with van der Waals surface area (Å²) in [6.45, 7) is 8.71. The number of H-pyrrole nitrogens is 1. The van der Waals surface area contributed by atoms with Crippen molar-refractivity contribution >= 4 is 11.0 Å². The Morgan fingerprint density at radius 2 is 1.94 bits per heavy atom. The standard InChI is InChI=1S/C14H19N3/c1-8-4-12-13(5-9(8)2)17-14(16-12)11-7-15-6-10(11)3/h4-5,10-11,15H,6-7H2,1-3H3,(H,16,17). The number of nitrogens with one attached hydrogen (secondary N) is 2. The molecule has 17 heavy (non-hydrogen) atoms. The van der Waals surface area contributed by atoms with E-state index in [2.05, 4.69) is 43.2 Å². The lowest BCUT2D eigenvalue weighted by Crippen LogP contribution is -2.09. The van der Waals surface area contributed by atoms with Crippen LogP contribution in [0.1, 0.15) is 29.8 Å². The molecule has 1 saturated heterocycles. The van der Waals surface area contributed by atoms with Gasteiger partial charge in [0.05, 0.1) is 11.0 Å². The molecular formula is C14H19N3. The highest BCUT2D eigenvalue weighted by molar-refractivity contribution is 5.77. The van der Waals surface area contributed by atoms with Gasteiger partial charge in [-0.2, -0.15) is 0 Å². The molecule has 0 aliphatic carbocycles. The molecule has 0 saturated carbocycles. The largest absolute Gasteiger partial charge is 0.342 e. The zero-order chi connectivity index (χ0) is 12.0. The van der Waals surface area contributed by atoms with E-state index in [9.17, 15) is 0 Å². The van der Waals surface area contributed by atoms with E-state index in [1.54, 1.807) is 0 Å². The quantitative estimate of drug-likeness (QED) is 0.789. The highest BCUT2D eigenvalue weighted by Crippen LogP contribution is 2.28. The average molecular weight is 229 g/mol. The monoisotopic (exact) mass is 229 g/mol. The van der Waals surface area contributed by atoms with Gasteiger partial charge in [-0.05, 0) is 49.6 Å². The molecule has 0 radical (unpaired) electrons. The smallest absolute Gasteiger partial charge is 0.111 e. The predicted molar refractivity (Wildman–Crippen MR) is 70.3 cm³/mol. The van der Waals surface area contributed by atoms with Gasteiger partial charge in [-0.3, -0.25) is 0 Å². The van der Waals surface area contributed by atoms with Crippen LogP contribution < -0.4 is 5.32 Å². The summed E-state index contributed by atoms with van der Waals surface area (Å²) in [7, 11) is 0. The SMILES string of the molecule is Cc1cc2nc(C3CNCC3C)[nH]c2cc1C. The van der Waals surface area contributed by atoms with Crippen LogP contribution in [-0.4, -0.2) is 23.1 Å². The molecule has 2 atom stereocenters. The number of hydrogen-bond donors (Lipinski definition) is 2. The number of aryl methyl sites for hydroxylation is 2. The van der Waals surface area contributed by atoms with Gasteiger partial charge >= 0.3 is 0 Å². The minimum Gasteiger partial charge on any atom is -0.342 e. The number of rotatable bonds is 1. The number of nitrogens with zero attached hydrogens (tertiary/aromatic N) is 1. The van der Waals surface area contributed by atoms with E-state index >= 15 is 0 Å². The third-order valence-electron chi connectivity index (χ3n) is 3.98. The second-order valence-electron chi connectivity index (χ2n) is 5.32. The Morgan fingerprint density at radius 3 is 2.65 bits per heavy atom. The highest BCUT2D eigenvalue weighted by atomic mass is 15.0. The molecule has 2 heterocycles. The van der Waals surface area contributed by atoms with Gasteiger partial charge in [0.15, 0.2) is 0 Å². The van der Waals surface area contributed by atoms with Crippen LogP contribution >= 0.6 is 0 Å². The third-order valence-corrected chi connectivity index (χ3v) is 3.98. The minimum atomic E-state index is 0.531. The summed E-state index contributed by atoms with van der Waals surface area (Å²) < 4.78 is 0. The number of fused-ring (bicyclic) bond motifs is 1. The molecule has 1 aliphatic rings. The topological polar surface area (TPSA) is 40.7 Å². The molecule has 2 unspecified atom stereocenters. The molecule has 3 nitrogen and oxygen atoms in total. The van der Waals surface area contributed by atoms with Crippen LogP contribution in [0.2, 0.25) is 0 Å². The number of benzene rings is 1. The van der Waals surface area contributed by atoms with Crippen molar-refractivity contribution in [3.8, 4) is 0 Å². The lowest BCUT2D eigenvalue weighted by molar-refractivity contribution is 0.551. The van der Waals surface area contributed by atoms with Gasteiger partial charge in [0.25, 0.3) is 0 Å². The van der Waals surface area contributed by atoms with Crippen LogP contribution in [0.4, 0.5) is 0 Å². The first-order chi connectivity index (χ1) is 8.15. The van der Waals surface area contributed by atoms with Crippen molar-refractivity contribution < 1.29 is 0 Å². The summed E-state index contributed by atoms with van der Waals surface area (Å²) in [4.78, 5) is 8.24. The summed E-state index contributed by atoms with van der Waals surface area (Å²) in [5, 5.41) is 3.43. The fraction of sp³-hybridized carbons (Fsp3) is 0.500. The van der Waals surface area contributed by atoms with Crippen molar-refractivity contribution in [3.05, 3.63) is 29.1 Å². The number of hydrogen-bond acceptors (Lipinski definition) is 2. The summed E-state index contributed by atoms with van der Waals surface area (Å²) in [6, 6.07) is 4.38. The first-order valence-electron chi connectivity index (χ1n) is 6.32. The van der Waals surface area contributed by atoms with Crippen LogP contribution in [-0.2, 0) is 0 Å². The fourth-order valence-corrected chi connectivity index (χ4v) is 2.64. The summed E-state index contributed by atoms with van der Waals surface area (Å²) >= 11 is 0. The molecule has 2 N–H and O–H groups in total. The number of imidazole rings is 1. The molecule has 3 rings (SSSR count). The van der Waals surface area contributed by atoms with Crippen molar-refractivity contribution in [2.75, 3.05) is 13.1 Å². The fourth-order valence-electron chi connectivity index (χ4n) is 2.64. The molecule has 1 fully saturated rings. The zero-order valence-electron chi connectivity index (χ0n) is 10.7. The van der Waals surface area contributed by atoms with Gasteiger partial charge in [0.1, 0.15) is 5.82 Å². The molecule has 2 aromatic rings. The van der Waals surface area contributed by atoms with E-state index in [1.807, 2.05) is 0 Å². The van der Waals surface area contributed by atoms with Crippen molar-refractivity contribution in [1.29, 1.82) is 0 Å². The Morgan fingerprint density at radius 1 is 1.18 bits per heavy atom. The minimum absolute atomic E-state index is 0.531. The second kappa shape index (κ2) is 3.84. The second-order valence-corrected chi connectivity index (χ2v) is 5.32. The molecular weight excluding hydrogens is 210 g/mol.